The lowest BCUT2D eigenvalue weighted by molar-refractivity contribution is -0.172. The van der Waals surface area contributed by atoms with Crippen LogP contribution in [0, 0.1) is 12.7 Å². The zero-order valence-electron chi connectivity index (χ0n) is 26.3. The number of nitrogens with zero attached hydrogens (tertiary/aromatic N) is 3. The number of halogens is 1. The van der Waals surface area contributed by atoms with Gasteiger partial charge in [-0.3, -0.25) is 14.5 Å². The Hall–Kier alpha value is -3.97. The monoisotopic (exact) mass is 650 g/mol. The number of aryl methyl sites for hydroxylation is 1. The van der Waals surface area contributed by atoms with Gasteiger partial charge in [0, 0.05) is 34.9 Å². The van der Waals surface area contributed by atoms with Crippen molar-refractivity contribution >= 4 is 40.6 Å². The van der Waals surface area contributed by atoms with Gasteiger partial charge in [0.25, 0.3) is 11.5 Å². The predicted molar refractivity (Wildman–Crippen MR) is 168 cm³/mol. The van der Waals surface area contributed by atoms with Crippen molar-refractivity contribution in [2.45, 2.75) is 89.7 Å². The van der Waals surface area contributed by atoms with E-state index in [-0.39, 0.29) is 36.6 Å². The molecule has 0 unspecified atom stereocenters. The van der Waals surface area contributed by atoms with Crippen LogP contribution in [-0.2, 0) is 44.2 Å². The molecule has 1 aromatic carbocycles. The summed E-state index contributed by atoms with van der Waals surface area (Å²) in [5, 5.41) is 14.4. The summed E-state index contributed by atoms with van der Waals surface area (Å²) in [6.45, 7) is 8.94. The Balaban J connectivity index is 1.35. The van der Waals surface area contributed by atoms with Gasteiger partial charge in [-0.25, -0.2) is 19.0 Å². The van der Waals surface area contributed by atoms with Gasteiger partial charge in [-0.1, -0.05) is 6.92 Å². The summed E-state index contributed by atoms with van der Waals surface area (Å²) in [5.41, 5.74) is 1.28. The number of benzene rings is 1. The van der Waals surface area contributed by atoms with Gasteiger partial charge in [-0.15, -0.1) is 11.8 Å². The first kappa shape index (κ1) is 30.7. The lowest BCUT2D eigenvalue weighted by Crippen LogP contribution is -2.47. The summed E-state index contributed by atoms with van der Waals surface area (Å²) in [6.07, 6.45) is 0.416. The molecular formula is C33H35FN4O7S. The molecule has 0 radical (unpaired) electrons. The summed E-state index contributed by atoms with van der Waals surface area (Å²) in [6, 6.07) is 2.48. The number of carbonyl (C=O) groups is 3. The van der Waals surface area contributed by atoms with Crippen LogP contribution in [0.25, 0.3) is 22.3 Å². The van der Waals surface area contributed by atoms with Crippen LogP contribution in [0.4, 0.5) is 9.18 Å². The lowest BCUT2D eigenvalue weighted by Gasteiger charge is -2.32. The molecule has 46 heavy (non-hydrogen) atoms. The molecule has 1 fully saturated rings. The molecular weight excluding hydrogens is 615 g/mol. The molecule has 242 valence electrons. The minimum atomic E-state index is -1.98. The second-order valence-electron chi connectivity index (χ2n) is 13.3. The largest absolute Gasteiger partial charge is 0.458 e. The van der Waals surface area contributed by atoms with E-state index in [1.807, 2.05) is 0 Å². The Morgan fingerprint density at radius 1 is 1.24 bits per heavy atom. The molecule has 0 bridgehead atoms. The van der Waals surface area contributed by atoms with Crippen molar-refractivity contribution < 1.29 is 33.4 Å². The fraction of sp³-hybridized carbons (Fsp3) is 0.485. The predicted octanol–water partition coefficient (Wildman–Crippen LogP) is 3.94. The van der Waals surface area contributed by atoms with Gasteiger partial charge in [0.2, 0.25) is 0 Å². The number of rotatable bonds is 3. The van der Waals surface area contributed by atoms with E-state index in [1.165, 1.54) is 27.3 Å². The molecule has 1 saturated heterocycles. The minimum Gasteiger partial charge on any atom is -0.458 e. The van der Waals surface area contributed by atoms with Crippen LogP contribution in [0.1, 0.15) is 80.0 Å². The van der Waals surface area contributed by atoms with Crippen molar-refractivity contribution in [3.05, 3.63) is 61.7 Å². The van der Waals surface area contributed by atoms with E-state index in [4.69, 9.17) is 14.5 Å². The fourth-order valence-electron chi connectivity index (χ4n) is 7.14. The summed E-state index contributed by atoms with van der Waals surface area (Å²) in [5.74, 6) is -0.979. The van der Waals surface area contributed by atoms with Gasteiger partial charge < -0.3 is 24.5 Å². The Bertz CT molecular complexity index is 1940. The maximum Gasteiger partial charge on any atom is 0.411 e. The molecule has 2 N–H and O–H groups in total. The Morgan fingerprint density at radius 3 is 2.72 bits per heavy atom. The third-order valence-electron chi connectivity index (χ3n) is 9.44. The van der Waals surface area contributed by atoms with E-state index in [9.17, 15) is 24.3 Å². The molecule has 7 rings (SSSR count). The summed E-state index contributed by atoms with van der Waals surface area (Å²) in [4.78, 5) is 59.6. The molecule has 3 atom stereocenters. The molecule has 3 aromatic rings. The van der Waals surface area contributed by atoms with Crippen LogP contribution in [-0.4, -0.2) is 60.8 Å². The van der Waals surface area contributed by atoms with E-state index in [0.717, 1.165) is 16.5 Å². The van der Waals surface area contributed by atoms with E-state index in [0.29, 0.717) is 53.2 Å². The van der Waals surface area contributed by atoms with Crippen molar-refractivity contribution in [1.29, 1.82) is 0 Å². The van der Waals surface area contributed by atoms with Gasteiger partial charge in [0.1, 0.15) is 18.0 Å². The zero-order valence-corrected chi connectivity index (χ0v) is 27.1. The number of ether oxygens (including phenoxy) is 2. The number of pyridine rings is 2. The number of aliphatic hydroxyl groups is 1. The molecule has 1 aliphatic carbocycles. The highest BCUT2D eigenvalue weighted by Gasteiger charge is 2.46. The molecule has 5 heterocycles. The van der Waals surface area contributed by atoms with Crippen LogP contribution in [0.3, 0.4) is 0 Å². The van der Waals surface area contributed by atoms with Crippen molar-refractivity contribution in [3.63, 3.8) is 0 Å². The number of hydrogen-bond donors (Lipinski definition) is 2. The molecule has 4 aliphatic rings. The third kappa shape index (κ3) is 4.53. The SMILES string of the molecule is CC[C@@]1(O)C(=O)OCc2c1cc1n(c2=O)Cc2c-1nc1cc(F)c(C)c3c1c2[C@@H](NC(=O)[C@@H]1SCCN1C(=O)OC(C)(C)C)CC3. The van der Waals surface area contributed by atoms with E-state index >= 15 is 4.39 Å². The summed E-state index contributed by atoms with van der Waals surface area (Å²) >= 11 is 1.36. The normalized spacial score (nSPS) is 23.1. The minimum absolute atomic E-state index is 0.00638. The Kier molecular flexibility index (Phi) is 7.02. The Morgan fingerprint density at radius 2 is 2.00 bits per heavy atom. The van der Waals surface area contributed by atoms with Crippen molar-refractivity contribution in [2.24, 2.45) is 0 Å². The van der Waals surface area contributed by atoms with Crippen molar-refractivity contribution in [3.8, 4) is 11.4 Å². The number of esters is 1. The molecule has 0 saturated carbocycles. The topological polar surface area (TPSA) is 140 Å². The lowest BCUT2D eigenvalue weighted by atomic mass is 9.81. The van der Waals surface area contributed by atoms with E-state index in [1.54, 1.807) is 40.7 Å². The number of nitrogens with one attached hydrogen (secondary N) is 1. The van der Waals surface area contributed by atoms with Crippen molar-refractivity contribution in [2.75, 3.05) is 12.3 Å². The van der Waals surface area contributed by atoms with E-state index in [2.05, 4.69) is 5.32 Å². The van der Waals surface area contributed by atoms with Crippen LogP contribution >= 0.6 is 11.8 Å². The standard InChI is InChI=1S/C33H35FN4O7S/c1-6-33(43)19-11-23-26-17(13-38(23)28(40)18(19)14-44-30(33)41)25-21(8-7-16-15(2)20(34)12-22(35-26)24(16)25)36-27(39)29-37(9-10-46-29)31(42)45-32(3,4)5/h11-12,21,29,43H,6-10,13-14H2,1-5H3,(H,36,39)/t21-,29-,33-/m0/s1. The van der Waals surface area contributed by atoms with Crippen LogP contribution < -0.4 is 10.9 Å². The number of amides is 2. The fourth-order valence-corrected chi connectivity index (χ4v) is 8.25. The van der Waals surface area contributed by atoms with E-state index < -0.39 is 46.1 Å². The number of thioether (sulfide) groups is 1. The third-order valence-corrected chi connectivity index (χ3v) is 10.6. The van der Waals surface area contributed by atoms with Gasteiger partial charge >= 0.3 is 12.1 Å². The highest BCUT2D eigenvalue weighted by atomic mass is 32.2. The summed E-state index contributed by atoms with van der Waals surface area (Å²) in [7, 11) is 0. The number of carbonyl (C=O) groups excluding carboxylic acids is 3. The first-order valence-electron chi connectivity index (χ1n) is 15.5. The second kappa shape index (κ2) is 10.5. The van der Waals surface area contributed by atoms with Crippen LogP contribution in [0.2, 0.25) is 0 Å². The molecule has 3 aliphatic heterocycles. The first-order valence-corrected chi connectivity index (χ1v) is 16.5. The molecule has 2 amide bonds. The first-order chi connectivity index (χ1) is 21.7. The average molecular weight is 651 g/mol. The van der Waals surface area contributed by atoms with Gasteiger partial charge in [-0.2, -0.15) is 0 Å². The molecule has 13 heteroatoms. The zero-order chi connectivity index (χ0) is 32.9. The number of cyclic esters (lactones) is 1. The molecule has 11 nitrogen and oxygen atoms in total. The van der Waals surface area contributed by atoms with Crippen molar-refractivity contribution in [1.82, 2.24) is 19.8 Å². The number of hydrogen-bond acceptors (Lipinski definition) is 9. The van der Waals surface area contributed by atoms with Crippen LogP contribution in [0.15, 0.2) is 16.9 Å². The molecule has 0 spiro atoms. The second-order valence-corrected chi connectivity index (χ2v) is 14.5. The van der Waals surface area contributed by atoms with Gasteiger partial charge in [0.15, 0.2) is 11.0 Å². The number of aromatic nitrogens is 2. The molecule has 2 aromatic heterocycles. The maximum absolute atomic E-state index is 15.2. The van der Waals surface area contributed by atoms with Gasteiger partial charge in [-0.05, 0) is 69.7 Å². The quantitative estimate of drug-likeness (QED) is 0.316. The van der Waals surface area contributed by atoms with Gasteiger partial charge in [0.05, 0.1) is 35.1 Å². The Labute approximate surface area is 268 Å². The smallest absolute Gasteiger partial charge is 0.411 e. The average Bonchev–Trinajstić information content (AvgIpc) is 3.64. The highest BCUT2D eigenvalue weighted by molar-refractivity contribution is 8.00. The number of fused-ring (bicyclic) bond motifs is 5. The van der Waals surface area contributed by atoms with Crippen LogP contribution in [0.5, 0.6) is 0 Å². The summed E-state index contributed by atoms with van der Waals surface area (Å²) < 4.78 is 27.5. The highest BCUT2D eigenvalue weighted by Crippen LogP contribution is 2.46. The maximum atomic E-state index is 15.2.